The number of carboxylic acids is 1. The molecule has 2 unspecified atom stereocenters. The van der Waals surface area contributed by atoms with Crippen LogP contribution >= 0.6 is 11.6 Å². The zero-order chi connectivity index (χ0) is 21.7. The summed E-state index contributed by atoms with van der Waals surface area (Å²) in [5.74, 6) is -1.42. The third kappa shape index (κ3) is 3.90. The van der Waals surface area contributed by atoms with Crippen molar-refractivity contribution in [3.8, 4) is 17.6 Å². The minimum Gasteiger partial charge on any atom is -0.481 e. The second-order valence-electron chi connectivity index (χ2n) is 7.36. The SMILES string of the molecule is CC(C)C(C(=O)O)(c1ccc(Cl)c(Oc2ccccc2)c1)C(C#N)c1ccccc1. The van der Waals surface area contributed by atoms with Crippen molar-refractivity contribution in [1.29, 1.82) is 5.26 Å². The number of nitriles is 1. The fraction of sp³-hybridized carbons (Fsp3) is 0.200. The van der Waals surface area contributed by atoms with Gasteiger partial charge in [-0.1, -0.05) is 80.0 Å². The van der Waals surface area contributed by atoms with Crippen LogP contribution in [0.3, 0.4) is 0 Å². The lowest BCUT2D eigenvalue weighted by molar-refractivity contribution is -0.146. The van der Waals surface area contributed by atoms with Crippen LogP contribution in [-0.4, -0.2) is 11.1 Å². The van der Waals surface area contributed by atoms with Gasteiger partial charge in [0, 0.05) is 0 Å². The lowest BCUT2D eigenvalue weighted by atomic mass is 9.62. The summed E-state index contributed by atoms with van der Waals surface area (Å²) in [6, 6.07) is 25.3. The van der Waals surface area contributed by atoms with Crippen LogP contribution in [0.25, 0.3) is 0 Å². The van der Waals surface area contributed by atoms with E-state index in [0.717, 1.165) is 0 Å². The highest BCUT2D eigenvalue weighted by Crippen LogP contribution is 2.47. The highest BCUT2D eigenvalue weighted by atomic mass is 35.5. The molecule has 2 atom stereocenters. The molecule has 152 valence electrons. The summed E-state index contributed by atoms with van der Waals surface area (Å²) in [5.41, 5.74) is -0.373. The van der Waals surface area contributed by atoms with Gasteiger partial charge in [0.15, 0.2) is 0 Å². The van der Waals surface area contributed by atoms with Gasteiger partial charge >= 0.3 is 5.97 Å². The number of carbonyl (C=O) groups is 1. The Hall–Kier alpha value is -3.29. The van der Waals surface area contributed by atoms with Gasteiger partial charge in [0.05, 0.1) is 17.0 Å². The zero-order valence-corrected chi connectivity index (χ0v) is 17.5. The van der Waals surface area contributed by atoms with Crippen LogP contribution in [0.5, 0.6) is 11.5 Å². The van der Waals surface area contributed by atoms with Crippen molar-refractivity contribution in [2.24, 2.45) is 5.92 Å². The summed E-state index contributed by atoms with van der Waals surface area (Å²) in [4.78, 5) is 12.8. The highest BCUT2D eigenvalue weighted by Gasteiger charge is 2.51. The van der Waals surface area contributed by atoms with E-state index >= 15 is 0 Å². The van der Waals surface area contributed by atoms with Gasteiger partial charge in [0.1, 0.15) is 16.9 Å². The lowest BCUT2D eigenvalue weighted by Crippen LogP contribution is -2.46. The molecule has 5 heteroatoms. The first-order valence-electron chi connectivity index (χ1n) is 9.62. The molecular weight excluding hydrogens is 398 g/mol. The second-order valence-corrected chi connectivity index (χ2v) is 7.77. The largest absolute Gasteiger partial charge is 0.481 e. The Kier molecular flexibility index (Phi) is 6.44. The number of hydrogen-bond acceptors (Lipinski definition) is 3. The first-order chi connectivity index (χ1) is 14.4. The molecule has 0 aliphatic carbocycles. The molecule has 0 aliphatic heterocycles. The normalized spacial score (nSPS) is 13.8. The van der Waals surface area contributed by atoms with E-state index in [9.17, 15) is 15.2 Å². The van der Waals surface area contributed by atoms with E-state index in [4.69, 9.17) is 16.3 Å². The van der Waals surface area contributed by atoms with Crippen LogP contribution in [0, 0.1) is 17.2 Å². The Balaban J connectivity index is 2.19. The van der Waals surface area contributed by atoms with Crippen LogP contribution < -0.4 is 4.74 Å². The Labute approximate surface area is 181 Å². The molecule has 0 aromatic heterocycles. The predicted molar refractivity (Wildman–Crippen MR) is 117 cm³/mol. The van der Waals surface area contributed by atoms with Gasteiger partial charge in [-0.25, -0.2) is 0 Å². The van der Waals surface area contributed by atoms with Crippen molar-refractivity contribution in [1.82, 2.24) is 0 Å². The molecule has 0 aliphatic rings. The first-order valence-corrected chi connectivity index (χ1v) is 10.00. The van der Waals surface area contributed by atoms with E-state index in [1.807, 2.05) is 38.1 Å². The topological polar surface area (TPSA) is 70.3 Å². The Morgan fingerprint density at radius 3 is 2.17 bits per heavy atom. The minimum atomic E-state index is -1.49. The van der Waals surface area contributed by atoms with Gasteiger partial charge in [-0.2, -0.15) is 5.26 Å². The van der Waals surface area contributed by atoms with Crippen molar-refractivity contribution in [2.75, 3.05) is 0 Å². The number of ether oxygens (including phenoxy) is 1. The van der Waals surface area contributed by atoms with Crippen LogP contribution in [0.1, 0.15) is 30.9 Å². The number of benzene rings is 3. The van der Waals surface area contributed by atoms with E-state index in [2.05, 4.69) is 6.07 Å². The molecule has 4 nitrogen and oxygen atoms in total. The van der Waals surface area contributed by atoms with Crippen molar-refractivity contribution in [3.05, 3.63) is 95.0 Å². The molecule has 0 spiro atoms. The highest BCUT2D eigenvalue weighted by molar-refractivity contribution is 6.32. The molecule has 3 aromatic carbocycles. The molecule has 0 bridgehead atoms. The van der Waals surface area contributed by atoms with Crippen LogP contribution in [0.4, 0.5) is 0 Å². The predicted octanol–water partition coefficient (Wildman–Crippen LogP) is 6.42. The average Bonchev–Trinajstić information content (AvgIpc) is 2.74. The van der Waals surface area contributed by atoms with Crippen LogP contribution in [0.2, 0.25) is 5.02 Å². The average molecular weight is 420 g/mol. The second kappa shape index (κ2) is 9.02. The monoisotopic (exact) mass is 419 g/mol. The molecule has 1 N–H and O–H groups in total. The van der Waals surface area contributed by atoms with Gasteiger partial charge in [0.2, 0.25) is 0 Å². The fourth-order valence-electron chi connectivity index (χ4n) is 3.87. The standard InChI is InChI=1S/C25H22ClNO3/c1-17(2)25(24(28)29,21(16-27)18-9-5-3-6-10-18)19-13-14-22(26)23(15-19)30-20-11-7-4-8-12-20/h3-15,17,21H,1-2H3,(H,28,29). The number of halogens is 1. The fourth-order valence-corrected chi connectivity index (χ4v) is 4.02. The maximum Gasteiger partial charge on any atom is 0.316 e. The maximum atomic E-state index is 12.8. The minimum absolute atomic E-state index is 0.344. The maximum absolute atomic E-state index is 12.8. The Morgan fingerprint density at radius 2 is 1.63 bits per heavy atom. The van der Waals surface area contributed by atoms with E-state index < -0.39 is 17.3 Å². The van der Waals surface area contributed by atoms with Crippen molar-refractivity contribution in [3.63, 3.8) is 0 Å². The van der Waals surface area contributed by atoms with Gasteiger partial charge in [-0.05, 0) is 41.3 Å². The van der Waals surface area contributed by atoms with Gasteiger partial charge < -0.3 is 9.84 Å². The molecule has 0 saturated carbocycles. The van der Waals surface area contributed by atoms with Gasteiger partial charge in [-0.3, -0.25) is 4.79 Å². The summed E-state index contributed by atoms with van der Waals surface area (Å²) in [5, 5.41) is 20.9. The molecule has 0 amide bonds. The van der Waals surface area contributed by atoms with E-state index in [0.29, 0.717) is 27.6 Å². The summed E-state index contributed by atoms with van der Waals surface area (Å²) in [6.07, 6.45) is 0. The van der Waals surface area contributed by atoms with E-state index in [-0.39, 0.29) is 5.92 Å². The summed E-state index contributed by atoms with van der Waals surface area (Å²) in [6.45, 7) is 3.63. The number of nitrogens with zero attached hydrogens (tertiary/aromatic N) is 1. The number of carboxylic acid groups (broad SMARTS) is 1. The third-order valence-electron chi connectivity index (χ3n) is 5.36. The molecule has 30 heavy (non-hydrogen) atoms. The molecular formula is C25H22ClNO3. The van der Waals surface area contributed by atoms with Gasteiger partial charge in [0.25, 0.3) is 0 Å². The van der Waals surface area contributed by atoms with Gasteiger partial charge in [-0.15, -0.1) is 0 Å². The summed E-state index contributed by atoms with van der Waals surface area (Å²) < 4.78 is 5.92. The third-order valence-corrected chi connectivity index (χ3v) is 5.67. The number of aliphatic carboxylic acids is 1. The molecule has 0 heterocycles. The summed E-state index contributed by atoms with van der Waals surface area (Å²) in [7, 11) is 0. The van der Waals surface area contributed by atoms with Crippen LogP contribution in [0.15, 0.2) is 78.9 Å². The lowest BCUT2D eigenvalue weighted by Gasteiger charge is -2.38. The Bertz CT molecular complexity index is 1060. The van der Waals surface area contributed by atoms with Crippen LogP contribution in [-0.2, 0) is 10.2 Å². The number of para-hydroxylation sites is 1. The molecule has 3 aromatic rings. The molecule has 0 fully saturated rings. The van der Waals surface area contributed by atoms with Crippen molar-refractivity contribution >= 4 is 17.6 Å². The summed E-state index contributed by atoms with van der Waals surface area (Å²) >= 11 is 6.35. The molecule has 3 rings (SSSR count). The molecule has 0 saturated heterocycles. The zero-order valence-electron chi connectivity index (χ0n) is 16.7. The molecule has 0 radical (unpaired) electrons. The van der Waals surface area contributed by atoms with Crippen molar-refractivity contribution < 1.29 is 14.6 Å². The number of rotatable bonds is 7. The smallest absolute Gasteiger partial charge is 0.316 e. The number of hydrogen-bond donors (Lipinski definition) is 1. The first kappa shape index (κ1) is 21.4. The quantitative estimate of drug-likeness (QED) is 0.479. The van der Waals surface area contributed by atoms with E-state index in [1.165, 1.54) is 0 Å². The Morgan fingerprint density at radius 1 is 1.03 bits per heavy atom. The van der Waals surface area contributed by atoms with E-state index in [1.54, 1.807) is 54.6 Å². The van der Waals surface area contributed by atoms with Crippen molar-refractivity contribution in [2.45, 2.75) is 25.2 Å².